The molecular weight excluding hydrogens is 368 g/mol. The molecule has 1 aliphatic rings. The minimum absolute atomic E-state index is 0.141. The van der Waals surface area contributed by atoms with Gasteiger partial charge in [0, 0.05) is 38.9 Å². The second kappa shape index (κ2) is 8.46. The fraction of sp³-hybridized carbons (Fsp3) is 0.429. The Morgan fingerprint density at radius 1 is 1.17 bits per heavy atom. The summed E-state index contributed by atoms with van der Waals surface area (Å²) in [6.07, 6.45) is 0.824. The van der Waals surface area contributed by atoms with Gasteiger partial charge in [0.1, 0.15) is 0 Å². The molecule has 8 heteroatoms. The number of imide groups is 1. The van der Waals surface area contributed by atoms with Gasteiger partial charge in [-0.3, -0.25) is 24.2 Å². The topological polar surface area (TPSA) is 91.6 Å². The molecule has 1 aromatic carbocycles. The largest absolute Gasteiger partial charge is 0.355 e. The lowest BCUT2D eigenvalue weighted by Gasteiger charge is -2.20. The number of rotatable bonds is 6. The van der Waals surface area contributed by atoms with Crippen LogP contribution in [0.3, 0.4) is 0 Å². The Kier molecular flexibility index (Phi) is 6.00. The molecule has 2 aromatic rings. The molecule has 29 heavy (non-hydrogen) atoms. The number of aryl methyl sites for hydroxylation is 2. The van der Waals surface area contributed by atoms with Crippen LogP contribution in [-0.4, -0.2) is 58.6 Å². The van der Waals surface area contributed by atoms with Crippen molar-refractivity contribution in [1.29, 1.82) is 0 Å². The lowest BCUT2D eigenvalue weighted by molar-refractivity contribution is 0.0657. The molecule has 2 heterocycles. The highest BCUT2D eigenvalue weighted by molar-refractivity contribution is 6.21. The van der Waals surface area contributed by atoms with Crippen LogP contribution in [0.25, 0.3) is 0 Å². The van der Waals surface area contributed by atoms with Gasteiger partial charge >= 0.3 is 0 Å². The smallest absolute Gasteiger partial charge is 0.261 e. The van der Waals surface area contributed by atoms with Crippen LogP contribution in [0.15, 0.2) is 29.3 Å². The fourth-order valence-electron chi connectivity index (χ4n) is 3.63. The van der Waals surface area contributed by atoms with Crippen molar-refractivity contribution in [3.63, 3.8) is 0 Å². The van der Waals surface area contributed by atoms with Crippen LogP contribution in [0.1, 0.15) is 44.6 Å². The SMILES string of the molecule is CN=C(NCCN1C(=O)c2ccccc2C1=O)NC(C)Cc1c(C)nn(C)c1C. The Hall–Kier alpha value is -3.16. The molecule has 1 aromatic heterocycles. The van der Waals surface area contributed by atoms with Gasteiger partial charge in [-0.1, -0.05) is 12.1 Å². The van der Waals surface area contributed by atoms with E-state index < -0.39 is 0 Å². The molecule has 1 unspecified atom stereocenters. The van der Waals surface area contributed by atoms with Crippen molar-refractivity contribution in [2.24, 2.45) is 12.0 Å². The molecule has 1 aliphatic heterocycles. The molecular formula is C21H28N6O2. The van der Waals surface area contributed by atoms with Crippen LogP contribution in [0.5, 0.6) is 0 Å². The van der Waals surface area contributed by atoms with Crippen LogP contribution < -0.4 is 10.6 Å². The first-order valence-electron chi connectivity index (χ1n) is 9.75. The number of aliphatic imine (C=N–C) groups is 1. The summed E-state index contributed by atoms with van der Waals surface area (Å²) in [5.74, 6) is 0.144. The van der Waals surface area contributed by atoms with Gasteiger partial charge in [-0.15, -0.1) is 0 Å². The molecule has 3 rings (SSSR count). The summed E-state index contributed by atoms with van der Waals surface area (Å²) in [5, 5.41) is 11.0. The van der Waals surface area contributed by atoms with E-state index in [-0.39, 0.29) is 24.4 Å². The molecule has 8 nitrogen and oxygen atoms in total. The number of amides is 2. The van der Waals surface area contributed by atoms with E-state index in [1.165, 1.54) is 10.5 Å². The maximum atomic E-state index is 12.4. The van der Waals surface area contributed by atoms with E-state index >= 15 is 0 Å². The van der Waals surface area contributed by atoms with Crippen molar-refractivity contribution in [2.75, 3.05) is 20.1 Å². The van der Waals surface area contributed by atoms with Crippen molar-refractivity contribution in [3.05, 3.63) is 52.3 Å². The zero-order valence-corrected chi connectivity index (χ0v) is 17.6. The lowest BCUT2D eigenvalue weighted by Crippen LogP contribution is -2.46. The molecule has 0 aliphatic carbocycles. The summed E-state index contributed by atoms with van der Waals surface area (Å²) in [7, 11) is 3.65. The summed E-state index contributed by atoms with van der Waals surface area (Å²) in [6, 6.07) is 7.05. The molecule has 0 saturated carbocycles. The van der Waals surface area contributed by atoms with Crippen LogP contribution in [-0.2, 0) is 13.5 Å². The van der Waals surface area contributed by atoms with E-state index in [1.807, 2.05) is 18.7 Å². The molecule has 2 amide bonds. The lowest BCUT2D eigenvalue weighted by atomic mass is 10.1. The van der Waals surface area contributed by atoms with E-state index in [0.29, 0.717) is 23.6 Å². The summed E-state index contributed by atoms with van der Waals surface area (Å²) >= 11 is 0. The molecule has 0 fully saturated rings. The van der Waals surface area contributed by atoms with Gasteiger partial charge < -0.3 is 10.6 Å². The third-order valence-electron chi connectivity index (χ3n) is 5.28. The van der Waals surface area contributed by atoms with Crippen LogP contribution in [0.2, 0.25) is 0 Å². The number of nitrogens with zero attached hydrogens (tertiary/aromatic N) is 4. The number of aromatic nitrogens is 2. The second-order valence-electron chi connectivity index (χ2n) is 7.33. The average Bonchev–Trinajstić information content (AvgIpc) is 3.09. The Morgan fingerprint density at radius 3 is 2.31 bits per heavy atom. The number of hydrogen-bond acceptors (Lipinski definition) is 4. The third kappa shape index (κ3) is 4.16. The quantitative estimate of drug-likeness (QED) is 0.438. The maximum Gasteiger partial charge on any atom is 0.261 e. The predicted molar refractivity (Wildman–Crippen MR) is 112 cm³/mol. The van der Waals surface area contributed by atoms with E-state index in [4.69, 9.17) is 0 Å². The maximum absolute atomic E-state index is 12.4. The minimum Gasteiger partial charge on any atom is -0.355 e. The predicted octanol–water partition coefficient (Wildman–Crippen LogP) is 1.43. The van der Waals surface area contributed by atoms with Gasteiger partial charge in [0.15, 0.2) is 5.96 Å². The molecule has 0 saturated heterocycles. The van der Waals surface area contributed by atoms with Crippen LogP contribution >= 0.6 is 0 Å². The summed E-state index contributed by atoms with van der Waals surface area (Å²) in [4.78, 5) is 30.4. The van der Waals surface area contributed by atoms with E-state index in [1.54, 1.807) is 31.3 Å². The Balaban J connectivity index is 1.52. The number of carbonyl (C=O) groups excluding carboxylic acids is 2. The molecule has 2 N–H and O–H groups in total. The van der Waals surface area contributed by atoms with E-state index in [9.17, 15) is 9.59 Å². The van der Waals surface area contributed by atoms with Crippen LogP contribution in [0, 0.1) is 13.8 Å². The Bertz CT molecular complexity index is 927. The van der Waals surface area contributed by atoms with Gasteiger partial charge in [-0.2, -0.15) is 5.10 Å². The number of hydrogen-bond donors (Lipinski definition) is 2. The Labute approximate surface area is 171 Å². The highest BCUT2D eigenvalue weighted by atomic mass is 16.2. The van der Waals surface area contributed by atoms with Crippen molar-refractivity contribution >= 4 is 17.8 Å². The van der Waals surface area contributed by atoms with Crippen LogP contribution in [0.4, 0.5) is 0 Å². The summed E-state index contributed by atoms with van der Waals surface area (Å²) in [5.41, 5.74) is 4.36. The van der Waals surface area contributed by atoms with Gasteiger partial charge in [0.05, 0.1) is 16.8 Å². The highest BCUT2D eigenvalue weighted by Crippen LogP contribution is 2.21. The number of benzene rings is 1. The van der Waals surface area contributed by atoms with Gasteiger partial charge in [-0.25, -0.2) is 0 Å². The number of nitrogens with one attached hydrogen (secondary N) is 2. The first kappa shape index (κ1) is 20.6. The van der Waals surface area contributed by atoms with Gasteiger partial charge in [0.2, 0.25) is 0 Å². The standard InChI is InChI=1S/C21H28N6O2/c1-13(12-18-14(2)25-26(5)15(18)3)24-21(22-4)23-10-11-27-19(28)16-8-6-7-9-17(16)20(27)29/h6-9,13H,10-12H2,1-5H3,(H2,22,23,24). The molecule has 0 bridgehead atoms. The zero-order valence-electron chi connectivity index (χ0n) is 17.6. The first-order valence-corrected chi connectivity index (χ1v) is 9.75. The first-order chi connectivity index (χ1) is 13.8. The van der Waals surface area contributed by atoms with Crippen molar-refractivity contribution in [3.8, 4) is 0 Å². The van der Waals surface area contributed by atoms with Gasteiger partial charge in [0.25, 0.3) is 11.8 Å². The highest BCUT2D eigenvalue weighted by Gasteiger charge is 2.34. The van der Waals surface area contributed by atoms with E-state index in [0.717, 1.165) is 17.8 Å². The summed E-state index contributed by atoms with van der Waals surface area (Å²) in [6.45, 7) is 6.87. The molecule has 1 atom stereocenters. The minimum atomic E-state index is -0.244. The number of carbonyl (C=O) groups is 2. The molecule has 0 radical (unpaired) electrons. The van der Waals surface area contributed by atoms with Crippen molar-refractivity contribution in [2.45, 2.75) is 33.2 Å². The van der Waals surface area contributed by atoms with Crippen molar-refractivity contribution in [1.82, 2.24) is 25.3 Å². The number of fused-ring (bicyclic) bond motifs is 1. The average molecular weight is 396 g/mol. The van der Waals surface area contributed by atoms with Gasteiger partial charge in [-0.05, 0) is 44.9 Å². The zero-order chi connectivity index (χ0) is 21.1. The normalized spacial score (nSPS) is 14.9. The summed E-state index contributed by atoms with van der Waals surface area (Å²) < 4.78 is 1.90. The van der Waals surface area contributed by atoms with Crippen molar-refractivity contribution < 1.29 is 9.59 Å². The molecule has 0 spiro atoms. The monoisotopic (exact) mass is 396 g/mol. The molecule has 154 valence electrons. The third-order valence-corrected chi connectivity index (χ3v) is 5.28. The van der Waals surface area contributed by atoms with E-state index in [2.05, 4.69) is 34.6 Å². The second-order valence-corrected chi connectivity index (χ2v) is 7.33. The fourth-order valence-corrected chi connectivity index (χ4v) is 3.63. The number of guanidine groups is 1. The Morgan fingerprint density at radius 2 is 1.79 bits per heavy atom.